The van der Waals surface area contributed by atoms with Gasteiger partial charge in [0.05, 0.1) is 11.6 Å². The molecule has 1 aliphatic heterocycles. The van der Waals surface area contributed by atoms with Crippen LogP contribution in [-0.2, 0) is 16.1 Å². The van der Waals surface area contributed by atoms with Crippen molar-refractivity contribution in [1.29, 1.82) is 0 Å². The van der Waals surface area contributed by atoms with Crippen molar-refractivity contribution in [3.8, 4) is 0 Å². The molecule has 1 atom stereocenters. The van der Waals surface area contributed by atoms with Gasteiger partial charge in [-0.2, -0.15) is 5.10 Å². The standard InChI is InChI=1S/C19H19N3O4/c1-9-4-5-14-12(6-9)10(2)18(26-14)13-7-15(23)20-19-17(13)11(3)21-22(19)8-16(24)25/h4-6,13H,7-8H2,1-3H3,(H,20,23)(H,24,25)/t13-/m1/s1. The summed E-state index contributed by atoms with van der Waals surface area (Å²) < 4.78 is 7.44. The molecular weight excluding hydrogens is 334 g/mol. The number of fused-ring (bicyclic) bond motifs is 2. The predicted molar refractivity (Wildman–Crippen MR) is 95.4 cm³/mol. The van der Waals surface area contributed by atoms with Crippen LogP contribution in [-0.4, -0.2) is 26.8 Å². The number of nitrogens with zero attached hydrogens (tertiary/aromatic N) is 2. The van der Waals surface area contributed by atoms with Gasteiger partial charge < -0.3 is 14.8 Å². The number of hydrogen-bond acceptors (Lipinski definition) is 4. The van der Waals surface area contributed by atoms with E-state index in [0.29, 0.717) is 11.5 Å². The minimum Gasteiger partial charge on any atom is -0.480 e. The van der Waals surface area contributed by atoms with Gasteiger partial charge in [-0.25, -0.2) is 4.68 Å². The van der Waals surface area contributed by atoms with Gasteiger partial charge in [0.15, 0.2) is 0 Å². The molecule has 1 aromatic carbocycles. The number of aryl methyl sites for hydroxylation is 3. The van der Waals surface area contributed by atoms with Gasteiger partial charge >= 0.3 is 5.97 Å². The summed E-state index contributed by atoms with van der Waals surface area (Å²) in [5.41, 5.74) is 4.44. The Balaban J connectivity index is 1.89. The Labute approximate surface area is 149 Å². The second-order valence-corrected chi connectivity index (χ2v) is 6.79. The molecule has 3 heterocycles. The highest BCUT2D eigenvalue weighted by Gasteiger charge is 2.35. The predicted octanol–water partition coefficient (Wildman–Crippen LogP) is 3.11. The summed E-state index contributed by atoms with van der Waals surface area (Å²) in [5, 5.41) is 17.2. The highest BCUT2D eigenvalue weighted by Crippen LogP contribution is 2.42. The van der Waals surface area contributed by atoms with Gasteiger partial charge in [-0.3, -0.25) is 9.59 Å². The Morgan fingerprint density at radius 1 is 1.38 bits per heavy atom. The van der Waals surface area contributed by atoms with Crippen LogP contribution >= 0.6 is 0 Å². The van der Waals surface area contributed by atoms with Crippen molar-refractivity contribution in [2.24, 2.45) is 0 Å². The number of carboxylic acids is 1. The average molecular weight is 353 g/mol. The SMILES string of the molecule is Cc1ccc2oc([C@@H]3CC(=O)Nc4c3c(C)nn4CC(=O)O)c(C)c2c1. The third-order valence-corrected chi connectivity index (χ3v) is 4.90. The molecule has 0 saturated carbocycles. The molecular formula is C19H19N3O4. The van der Waals surface area contributed by atoms with Crippen LogP contribution in [0.2, 0.25) is 0 Å². The maximum atomic E-state index is 12.3. The Hall–Kier alpha value is -3.09. The molecule has 7 nitrogen and oxygen atoms in total. The molecule has 2 N–H and O–H groups in total. The molecule has 1 aliphatic rings. The number of aromatic nitrogens is 2. The zero-order chi connectivity index (χ0) is 18.6. The van der Waals surface area contributed by atoms with Crippen LogP contribution in [0.5, 0.6) is 0 Å². The van der Waals surface area contributed by atoms with Gasteiger partial charge in [-0.15, -0.1) is 0 Å². The fourth-order valence-electron chi connectivity index (χ4n) is 3.77. The minimum absolute atomic E-state index is 0.176. The second-order valence-electron chi connectivity index (χ2n) is 6.79. The van der Waals surface area contributed by atoms with Crippen molar-refractivity contribution in [3.05, 3.63) is 46.3 Å². The van der Waals surface area contributed by atoms with E-state index in [0.717, 1.165) is 33.4 Å². The van der Waals surface area contributed by atoms with Crippen molar-refractivity contribution in [1.82, 2.24) is 9.78 Å². The molecule has 0 bridgehead atoms. The molecule has 3 aromatic rings. The highest BCUT2D eigenvalue weighted by molar-refractivity contribution is 5.95. The van der Waals surface area contributed by atoms with Crippen LogP contribution in [0, 0.1) is 20.8 Å². The lowest BCUT2D eigenvalue weighted by Gasteiger charge is -2.23. The lowest BCUT2D eigenvalue weighted by Crippen LogP contribution is -2.26. The second kappa shape index (κ2) is 5.72. The topological polar surface area (TPSA) is 97.4 Å². The molecule has 2 aromatic heterocycles. The number of carbonyl (C=O) groups is 2. The number of benzene rings is 1. The summed E-state index contributed by atoms with van der Waals surface area (Å²) in [6.07, 6.45) is 0.242. The normalized spacial score (nSPS) is 16.6. The Kier molecular flexibility index (Phi) is 3.61. The molecule has 0 fully saturated rings. The third-order valence-electron chi connectivity index (χ3n) is 4.90. The van der Waals surface area contributed by atoms with Crippen LogP contribution in [0.3, 0.4) is 0 Å². The first kappa shape index (κ1) is 16.4. The number of furan rings is 1. The van der Waals surface area contributed by atoms with Crippen LogP contribution in [0.15, 0.2) is 22.6 Å². The average Bonchev–Trinajstić information content (AvgIpc) is 3.04. The summed E-state index contributed by atoms with van der Waals surface area (Å²) in [7, 11) is 0. The van der Waals surface area contributed by atoms with Gasteiger partial charge in [-0.1, -0.05) is 11.6 Å². The van der Waals surface area contributed by atoms with Crippen LogP contribution in [0.25, 0.3) is 11.0 Å². The van der Waals surface area contributed by atoms with Crippen molar-refractivity contribution in [3.63, 3.8) is 0 Å². The summed E-state index contributed by atoms with van der Waals surface area (Å²) in [4.78, 5) is 23.4. The van der Waals surface area contributed by atoms with E-state index in [4.69, 9.17) is 9.52 Å². The molecule has 0 radical (unpaired) electrons. The van der Waals surface area contributed by atoms with Crippen LogP contribution < -0.4 is 5.32 Å². The zero-order valence-corrected chi connectivity index (χ0v) is 14.8. The van der Waals surface area contributed by atoms with Gasteiger partial charge in [-0.05, 0) is 38.5 Å². The Morgan fingerprint density at radius 3 is 2.88 bits per heavy atom. The van der Waals surface area contributed by atoms with E-state index >= 15 is 0 Å². The number of amides is 1. The van der Waals surface area contributed by atoms with E-state index in [1.807, 2.05) is 32.9 Å². The van der Waals surface area contributed by atoms with E-state index in [2.05, 4.69) is 16.5 Å². The van der Waals surface area contributed by atoms with Gasteiger partial charge in [0.25, 0.3) is 0 Å². The molecule has 0 unspecified atom stereocenters. The quantitative estimate of drug-likeness (QED) is 0.754. The molecule has 4 rings (SSSR count). The lowest BCUT2D eigenvalue weighted by atomic mass is 9.88. The molecule has 0 saturated heterocycles. The summed E-state index contributed by atoms with van der Waals surface area (Å²) in [6, 6.07) is 6.00. The summed E-state index contributed by atoms with van der Waals surface area (Å²) >= 11 is 0. The zero-order valence-electron chi connectivity index (χ0n) is 14.8. The van der Waals surface area contributed by atoms with E-state index < -0.39 is 5.97 Å². The van der Waals surface area contributed by atoms with Crippen molar-refractivity contribution in [2.75, 3.05) is 5.32 Å². The van der Waals surface area contributed by atoms with E-state index in [1.165, 1.54) is 4.68 Å². The number of aliphatic carboxylic acids is 1. The number of nitrogens with one attached hydrogen (secondary N) is 1. The fourth-order valence-corrected chi connectivity index (χ4v) is 3.77. The fraction of sp³-hybridized carbons (Fsp3) is 0.316. The van der Waals surface area contributed by atoms with Gasteiger partial charge in [0, 0.05) is 17.4 Å². The number of rotatable bonds is 3. The number of hydrogen-bond donors (Lipinski definition) is 2. The minimum atomic E-state index is -1.01. The summed E-state index contributed by atoms with van der Waals surface area (Å²) in [6.45, 7) is 5.53. The molecule has 26 heavy (non-hydrogen) atoms. The first-order chi connectivity index (χ1) is 12.3. The monoisotopic (exact) mass is 353 g/mol. The molecule has 1 amide bonds. The smallest absolute Gasteiger partial charge is 0.325 e. The maximum Gasteiger partial charge on any atom is 0.325 e. The molecule has 7 heteroatoms. The van der Waals surface area contributed by atoms with Crippen LogP contribution in [0.1, 0.15) is 40.5 Å². The first-order valence-electron chi connectivity index (χ1n) is 8.43. The van der Waals surface area contributed by atoms with Crippen LogP contribution in [0.4, 0.5) is 5.82 Å². The van der Waals surface area contributed by atoms with E-state index in [-0.39, 0.29) is 24.8 Å². The highest BCUT2D eigenvalue weighted by atomic mass is 16.4. The maximum absolute atomic E-state index is 12.3. The molecule has 0 spiro atoms. The first-order valence-corrected chi connectivity index (χ1v) is 8.43. The number of anilines is 1. The van der Waals surface area contributed by atoms with Gasteiger partial charge in [0.1, 0.15) is 23.7 Å². The Morgan fingerprint density at radius 2 is 2.15 bits per heavy atom. The van der Waals surface area contributed by atoms with Crippen molar-refractivity contribution in [2.45, 2.75) is 39.7 Å². The largest absolute Gasteiger partial charge is 0.480 e. The van der Waals surface area contributed by atoms with Crippen molar-refractivity contribution >= 4 is 28.7 Å². The summed E-state index contributed by atoms with van der Waals surface area (Å²) in [5.74, 6) is -0.289. The lowest BCUT2D eigenvalue weighted by molar-refractivity contribution is -0.137. The number of carbonyl (C=O) groups excluding carboxylic acids is 1. The molecule has 0 aliphatic carbocycles. The number of carboxylic acid groups (broad SMARTS) is 1. The molecule has 134 valence electrons. The van der Waals surface area contributed by atoms with E-state index in [9.17, 15) is 9.59 Å². The van der Waals surface area contributed by atoms with Gasteiger partial charge in [0.2, 0.25) is 5.91 Å². The Bertz CT molecular complexity index is 1060. The van der Waals surface area contributed by atoms with E-state index in [1.54, 1.807) is 0 Å². The van der Waals surface area contributed by atoms with Crippen molar-refractivity contribution < 1.29 is 19.1 Å². The third kappa shape index (κ3) is 2.47.